The SMILES string of the molecule is Cc1cc(NC(=O)c2cc(F)cc(S(=O)(=O)NC3CCOC3)c2)ccc1F. The van der Waals surface area contributed by atoms with Gasteiger partial charge in [0.2, 0.25) is 10.0 Å². The highest BCUT2D eigenvalue weighted by Gasteiger charge is 2.25. The average Bonchev–Trinajstić information content (AvgIpc) is 3.10. The second kappa shape index (κ2) is 7.71. The summed E-state index contributed by atoms with van der Waals surface area (Å²) in [4.78, 5) is 12.0. The highest BCUT2D eigenvalue weighted by Crippen LogP contribution is 2.19. The predicted molar refractivity (Wildman–Crippen MR) is 95.0 cm³/mol. The standard InChI is InChI=1S/C18H18F2N2O4S/c1-11-6-14(2-3-17(11)20)21-18(23)12-7-13(19)9-16(8-12)27(24,25)22-15-4-5-26-10-15/h2-3,6-9,15,22H,4-5,10H2,1H3,(H,21,23). The van der Waals surface area contributed by atoms with Gasteiger partial charge in [0.25, 0.3) is 5.91 Å². The van der Waals surface area contributed by atoms with Crippen LogP contribution < -0.4 is 10.0 Å². The molecule has 1 amide bonds. The van der Waals surface area contributed by atoms with E-state index in [1.165, 1.54) is 25.1 Å². The van der Waals surface area contributed by atoms with Crippen LogP contribution in [0.2, 0.25) is 0 Å². The number of halogens is 2. The number of aryl methyl sites for hydroxylation is 1. The molecule has 3 rings (SSSR count). The number of carbonyl (C=O) groups excluding carboxylic acids is 1. The summed E-state index contributed by atoms with van der Waals surface area (Å²) >= 11 is 0. The number of hydrogen-bond donors (Lipinski definition) is 2. The van der Waals surface area contributed by atoms with Crippen LogP contribution in [0.25, 0.3) is 0 Å². The Labute approximate surface area is 155 Å². The smallest absolute Gasteiger partial charge is 0.255 e. The van der Waals surface area contributed by atoms with E-state index in [4.69, 9.17) is 4.74 Å². The fourth-order valence-corrected chi connectivity index (χ4v) is 4.00. The van der Waals surface area contributed by atoms with E-state index in [0.29, 0.717) is 24.3 Å². The lowest BCUT2D eigenvalue weighted by Gasteiger charge is -2.13. The minimum absolute atomic E-state index is 0.167. The van der Waals surface area contributed by atoms with Gasteiger partial charge in [-0.15, -0.1) is 0 Å². The van der Waals surface area contributed by atoms with Crippen LogP contribution in [0.15, 0.2) is 41.3 Å². The quantitative estimate of drug-likeness (QED) is 0.814. The number of sulfonamides is 1. The summed E-state index contributed by atoms with van der Waals surface area (Å²) in [7, 11) is -4.01. The second-order valence-electron chi connectivity index (χ2n) is 6.28. The summed E-state index contributed by atoms with van der Waals surface area (Å²) in [5.41, 5.74) is 0.479. The zero-order chi connectivity index (χ0) is 19.6. The van der Waals surface area contributed by atoms with Gasteiger partial charge in [0.15, 0.2) is 0 Å². The third-order valence-electron chi connectivity index (χ3n) is 4.11. The first kappa shape index (κ1) is 19.4. The molecular formula is C18H18F2N2O4S. The van der Waals surface area contributed by atoms with Crippen molar-refractivity contribution in [2.45, 2.75) is 24.3 Å². The van der Waals surface area contributed by atoms with Crippen molar-refractivity contribution < 1.29 is 26.7 Å². The molecule has 0 bridgehead atoms. The lowest BCUT2D eigenvalue weighted by Crippen LogP contribution is -2.35. The molecule has 1 unspecified atom stereocenters. The van der Waals surface area contributed by atoms with Crippen molar-refractivity contribution in [1.29, 1.82) is 0 Å². The maximum atomic E-state index is 13.9. The van der Waals surface area contributed by atoms with Gasteiger partial charge in [-0.1, -0.05) is 0 Å². The first-order chi connectivity index (χ1) is 12.7. The highest BCUT2D eigenvalue weighted by molar-refractivity contribution is 7.89. The number of benzene rings is 2. The summed E-state index contributed by atoms with van der Waals surface area (Å²) in [5, 5.41) is 2.50. The maximum absolute atomic E-state index is 13.9. The van der Waals surface area contributed by atoms with E-state index in [2.05, 4.69) is 10.0 Å². The van der Waals surface area contributed by atoms with E-state index in [1.54, 1.807) is 0 Å². The normalized spacial score (nSPS) is 17.1. The lowest BCUT2D eigenvalue weighted by atomic mass is 10.1. The Hall–Kier alpha value is -2.36. The number of rotatable bonds is 5. The van der Waals surface area contributed by atoms with Crippen LogP contribution in [-0.4, -0.2) is 33.6 Å². The number of anilines is 1. The molecule has 1 aliphatic heterocycles. The molecule has 0 spiro atoms. The van der Waals surface area contributed by atoms with Crippen LogP contribution in [0.4, 0.5) is 14.5 Å². The Kier molecular flexibility index (Phi) is 5.54. The highest BCUT2D eigenvalue weighted by atomic mass is 32.2. The maximum Gasteiger partial charge on any atom is 0.255 e. The molecule has 9 heteroatoms. The fourth-order valence-electron chi connectivity index (χ4n) is 2.69. The molecule has 1 aliphatic rings. The van der Waals surface area contributed by atoms with Crippen LogP contribution in [-0.2, 0) is 14.8 Å². The lowest BCUT2D eigenvalue weighted by molar-refractivity contribution is 0.102. The molecule has 0 saturated carbocycles. The number of ether oxygens (including phenoxy) is 1. The number of nitrogens with one attached hydrogen (secondary N) is 2. The van der Waals surface area contributed by atoms with Gasteiger partial charge in [0.1, 0.15) is 11.6 Å². The van der Waals surface area contributed by atoms with Crippen LogP contribution in [0.3, 0.4) is 0 Å². The zero-order valence-corrected chi connectivity index (χ0v) is 15.3. The monoisotopic (exact) mass is 396 g/mol. The van der Waals surface area contributed by atoms with Gasteiger partial charge in [-0.25, -0.2) is 21.9 Å². The molecule has 0 aliphatic carbocycles. The second-order valence-corrected chi connectivity index (χ2v) is 7.99. The Balaban J connectivity index is 1.83. The van der Waals surface area contributed by atoms with Gasteiger partial charge in [-0.3, -0.25) is 4.79 Å². The van der Waals surface area contributed by atoms with E-state index < -0.39 is 33.6 Å². The van der Waals surface area contributed by atoms with Crippen molar-refractivity contribution in [2.24, 2.45) is 0 Å². The van der Waals surface area contributed by atoms with Gasteiger partial charge in [-0.2, -0.15) is 0 Å². The van der Waals surface area contributed by atoms with Crippen LogP contribution >= 0.6 is 0 Å². The molecule has 2 aromatic rings. The van der Waals surface area contributed by atoms with Crippen LogP contribution in [0, 0.1) is 18.6 Å². The van der Waals surface area contributed by atoms with E-state index in [-0.39, 0.29) is 17.1 Å². The number of amides is 1. The van der Waals surface area contributed by atoms with E-state index >= 15 is 0 Å². The number of carbonyl (C=O) groups is 1. The zero-order valence-electron chi connectivity index (χ0n) is 14.5. The summed E-state index contributed by atoms with van der Waals surface area (Å²) in [6, 6.07) is 6.45. The Morgan fingerprint density at radius 3 is 2.63 bits per heavy atom. The van der Waals surface area contributed by atoms with Crippen molar-refractivity contribution in [1.82, 2.24) is 4.72 Å². The average molecular weight is 396 g/mol. The Bertz CT molecular complexity index is 973. The molecule has 0 radical (unpaired) electrons. The van der Waals surface area contributed by atoms with Crippen LogP contribution in [0.5, 0.6) is 0 Å². The van der Waals surface area contributed by atoms with Gasteiger partial charge in [0.05, 0.1) is 11.5 Å². The van der Waals surface area contributed by atoms with Gasteiger partial charge in [0, 0.05) is 23.9 Å². The minimum atomic E-state index is -4.01. The van der Waals surface area contributed by atoms with E-state index in [1.807, 2.05) is 0 Å². The van der Waals surface area contributed by atoms with Gasteiger partial charge >= 0.3 is 0 Å². The largest absolute Gasteiger partial charge is 0.380 e. The first-order valence-electron chi connectivity index (χ1n) is 8.23. The molecule has 1 atom stereocenters. The van der Waals surface area contributed by atoms with Crippen molar-refractivity contribution >= 4 is 21.6 Å². The summed E-state index contributed by atoms with van der Waals surface area (Å²) in [6.07, 6.45) is 0.520. The predicted octanol–water partition coefficient (Wildman–Crippen LogP) is 2.59. The molecule has 144 valence electrons. The molecule has 27 heavy (non-hydrogen) atoms. The summed E-state index contributed by atoms with van der Waals surface area (Å²) in [5.74, 6) is -1.99. The Morgan fingerprint density at radius 1 is 1.19 bits per heavy atom. The van der Waals surface area contributed by atoms with E-state index in [9.17, 15) is 22.0 Å². The topological polar surface area (TPSA) is 84.5 Å². The van der Waals surface area contributed by atoms with Crippen molar-refractivity contribution in [3.8, 4) is 0 Å². The van der Waals surface area contributed by atoms with Crippen molar-refractivity contribution in [3.05, 3.63) is 59.2 Å². The Morgan fingerprint density at radius 2 is 1.96 bits per heavy atom. The molecule has 2 aromatic carbocycles. The van der Waals surface area contributed by atoms with Crippen molar-refractivity contribution in [3.63, 3.8) is 0 Å². The molecule has 1 saturated heterocycles. The van der Waals surface area contributed by atoms with Crippen LogP contribution in [0.1, 0.15) is 22.3 Å². The fraction of sp³-hybridized carbons (Fsp3) is 0.278. The molecule has 1 heterocycles. The molecule has 1 fully saturated rings. The van der Waals surface area contributed by atoms with Gasteiger partial charge < -0.3 is 10.1 Å². The molecule has 2 N–H and O–H groups in total. The molecule has 0 aromatic heterocycles. The van der Waals surface area contributed by atoms with Crippen molar-refractivity contribution in [2.75, 3.05) is 18.5 Å². The van der Waals surface area contributed by atoms with E-state index in [0.717, 1.165) is 18.2 Å². The number of hydrogen-bond acceptors (Lipinski definition) is 4. The van der Waals surface area contributed by atoms with Gasteiger partial charge in [-0.05, 0) is 55.3 Å². The third kappa shape index (κ3) is 4.68. The summed E-state index contributed by atoms with van der Waals surface area (Å²) < 4.78 is 59.7. The molecular weight excluding hydrogens is 378 g/mol. The molecule has 6 nitrogen and oxygen atoms in total. The first-order valence-corrected chi connectivity index (χ1v) is 9.71. The summed E-state index contributed by atoms with van der Waals surface area (Å²) in [6.45, 7) is 2.23. The third-order valence-corrected chi connectivity index (χ3v) is 5.61. The minimum Gasteiger partial charge on any atom is -0.380 e.